The number of thioether (sulfide) groups is 1. The van der Waals surface area contributed by atoms with Gasteiger partial charge in [-0.25, -0.2) is 0 Å². The van der Waals surface area contributed by atoms with Crippen LogP contribution in [0.1, 0.15) is 6.92 Å². The summed E-state index contributed by atoms with van der Waals surface area (Å²) >= 11 is 1.63. The van der Waals surface area contributed by atoms with E-state index in [1.165, 1.54) is 6.20 Å². The summed E-state index contributed by atoms with van der Waals surface area (Å²) in [6.45, 7) is 5.52. The maximum Gasteiger partial charge on any atom is 0.0878 e. The number of aliphatic imine (C=N–C) groups is 2. The summed E-state index contributed by atoms with van der Waals surface area (Å²) < 4.78 is 0. The maximum atomic E-state index is 4.15. The third-order valence-electron chi connectivity index (χ3n) is 1.42. The van der Waals surface area contributed by atoms with Crippen LogP contribution >= 0.6 is 11.8 Å². The van der Waals surface area contributed by atoms with Crippen LogP contribution in [-0.2, 0) is 0 Å². The van der Waals surface area contributed by atoms with Gasteiger partial charge in [0, 0.05) is 13.2 Å². The molecule has 0 saturated heterocycles. The van der Waals surface area contributed by atoms with Gasteiger partial charge in [-0.05, 0) is 30.7 Å². The molecule has 0 aromatic carbocycles. The van der Waals surface area contributed by atoms with Crippen LogP contribution in [0.15, 0.2) is 46.4 Å². The van der Waals surface area contributed by atoms with Crippen molar-refractivity contribution in [1.82, 2.24) is 0 Å². The first-order valence-corrected chi connectivity index (χ1v) is 5.56. The van der Waals surface area contributed by atoms with E-state index in [9.17, 15) is 0 Å². The summed E-state index contributed by atoms with van der Waals surface area (Å²) in [7, 11) is 1.75. The lowest BCUT2D eigenvalue weighted by atomic mass is 10.2. The van der Waals surface area contributed by atoms with Crippen LogP contribution in [0.3, 0.4) is 0 Å². The standard InChI is InChI=1S/C11H16N2S/c1-5-7-11(13-6-2)10(12-3)8-9-14-4/h5-9H,2H2,1,3-4H3/b7-5-,9-8+,12-10?,13-11?. The fourth-order valence-electron chi connectivity index (χ4n) is 0.858. The SMILES string of the molecule is C=CN=C(/C=C\C)C(/C=C/SC)=NC. The van der Waals surface area contributed by atoms with Crippen molar-refractivity contribution in [2.75, 3.05) is 13.3 Å². The quantitative estimate of drug-likeness (QED) is 0.637. The van der Waals surface area contributed by atoms with Gasteiger partial charge in [0.1, 0.15) is 0 Å². The Kier molecular flexibility index (Phi) is 7.84. The van der Waals surface area contributed by atoms with E-state index < -0.39 is 0 Å². The van der Waals surface area contributed by atoms with Crippen LogP contribution in [-0.4, -0.2) is 24.7 Å². The van der Waals surface area contributed by atoms with Crippen LogP contribution in [0.5, 0.6) is 0 Å². The minimum atomic E-state index is 0.829. The second kappa shape index (κ2) is 8.51. The van der Waals surface area contributed by atoms with E-state index in [0.29, 0.717) is 0 Å². The van der Waals surface area contributed by atoms with Gasteiger partial charge in [0.15, 0.2) is 0 Å². The Morgan fingerprint density at radius 2 is 2.00 bits per heavy atom. The van der Waals surface area contributed by atoms with Crippen molar-refractivity contribution in [2.45, 2.75) is 6.92 Å². The predicted molar refractivity (Wildman–Crippen MR) is 68.5 cm³/mol. The van der Waals surface area contributed by atoms with E-state index in [2.05, 4.69) is 16.6 Å². The van der Waals surface area contributed by atoms with Crippen molar-refractivity contribution in [3.05, 3.63) is 36.4 Å². The van der Waals surface area contributed by atoms with Gasteiger partial charge in [-0.3, -0.25) is 9.98 Å². The molecule has 0 aliphatic carbocycles. The largest absolute Gasteiger partial charge is 0.286 e. The van der Waals surface area contributed by atoms with E-state index >= 15 is 0 Å². The number of rotatable bonds is 5. The summed E-state index contributed by atoms with van der Waals surface area (Å²) in [4.78, 5) is 8.29. The summed E-state index contributed by atoms with van der Waals surface area (Å²) in [5, 5.41) is 1.98. The van der Waals surface area contributed by atoms with Crippen LogP contribution in [0.25, 0.3) is 0 Å². The molecule has 0 atom stereocenters. The van der Waals surface area contributed by atoms with Gasteiger partial charge >= 0.3 is 0 Å². The van der Waals surface area contributed by atoms with Crippen molar-refractivity contribution >= 4 is 23.2 Å². The van der Waals surface area contributed by atoms with Gasteiger partial charge in [-0.15, -0.1) is 11.8 Å². The fraction of sp³-hybridized carbons (Fsp3) is 0.273. The van der Waals surface area contributed by atoms with Gasteiger partial charge in [-0.2, -0.15) is 0 Å². The molecule has 0 fully saturated rings. The average molecular weight is 208 g/mol. The molecule has 0 rings (SSSR count). The van der Waals surface area contributed by atoms with Crippen molar-refractivity contribution < 1.29 is 0 Å². The monoisotopic (exact) mass is 208 g/mol. The fourth-order valence-corrected chi connectivity index (χ4v) is 1.12. The molecular weight excluding hydrogens is 192 g/mol. The Morgan fingerprint density at radius 3 is 2.43 bits per heavy atom. The Hall–Kier alpha value is -1.09. The lowest BCUT2D eigenvalue weighted by Gasteiger charge is -1.98. The van der Waals surface area contributed by atoms with Crippen LogP contribution in [0, 0.1) is 0 Å². The van der Waals surface area contributed by atoms with Crippen LogP contribution < -0.4 is 0 Å². The molecule has 0 spiro atoms. The Bertz CT molecular complexity index is 286. The highest BCUT2D eigenvalue weighted by Gasteiger charge is 1.98. The number of hydrogen-bond donors (Lipinski definition) is 0. The number of nitrogens with zero attached hydrogens (tertiary/aromatic N) is 2. The first-order valence-electron chi connectivity index (χ1n) is 4.28. The topological polar surface area (TPSA) is 24.7 Å². The Balaban J connectivity index is 4.87. The van der Waals surface area contributed by atoms with Gasteiger partial charge < -0.3 is 0 Å². The summed E-state index contributed by atoms with van der Waals surface area (Å²) in [6, 6.07) is 0. The van der Waals surface area contributed by atoms with Gasteiger partial charge in [0.05, 0.1) is 11.4 Å². The van der Waals surface area contributed by atoms with E-state index in [-0.39, 0.29) is 0 Å². The van der Waals surface area contributed by atoms with E-state index in [1.807, 2.05) is 36.8 Å². The second-order valence-corrected chi connectivity index (χ2v) is 3.09. The zero-order valence-corrected chi connectivity index (χ0v) is 9.71. The lowest BCUT2D eigenvalue weighted by molar-refractivity contribution is 1.45. The first kappa shape index (κ1) is 12.9. The smallest absolute Gasteiger partial charge is 0.0878 e. The zero-order chi connectivity index (χ0) is 10.8. The third-order valence-corrected chi connectivity index (χ3v) is 1.83. The molecule has 3 heteroatoms. The summed E-state index contributed by atoms with van der Waals surface area (Å²) in [6.07, 6.45) is 9.30. The van der Waals surface area contributed by atoms with E-state index in [0.717, 1.165) is 11.4 Å². The summed E-state index contributed by atoms with van der Waals surface area (Å²) in [5.41, 5.74) is 1.69. The van der Waals surface area contributed by atoms with Crippen molar-refractivity contribution in [3.8, 4) is 0 Å². The van der Waals surface area contributed by atoms with E-state index in [4.69, 9.17) is 0 Å². The molecule has 0 N–H and O–H groups in total. The zero-order valence-electron chi connectivity index (χ0n) is 8.90. The highest BCUT2D eigenvalue weighted by molar-refractivity contribution is 8.01. The average Bonchev–Trinajstić information content (AvgIpc) is 2.19. The van der Waals surface area contributed by atoms with Gasteiger partial charge in [0.25, 0.3) is 0 Å². The molecule has 0 unspecified atom stereocenters. The van der Waals surface area contributed by atoms with E-state index in [1.54, 1.807) is 18.8 Å². The molecule has 0 heterocycles. The minimum Gasteiger partial charge on any atom is -0.286 e. The molecule has 0 aliphatic heterocycles. The number of allylic oxidation sites excluding steroid dienone is 3. The van der Waals surface area contributed by atoms with Crippen LogP contribution in [0.4, 0.5) is 0 Å². The molecule has 0 aliphatic rings. The molecule has 0 radical (unpaired) electrons. The molecule has 2 nitrogen and oxygen atoms in total. The Labute approximate surface area is 90.2 Å². The molecule has 0 aromatic rings. The molecule has 14 heavy (non-hydrogen) atoms. The Morgan fingerprint density at radius 1 is 1.29 bits per heavy atom. The molecule has 0 saturated carbocycles. The highest BCUT2D eigenvalue weighted by Crippen LogP contribution is 1.98. The third kappa shape index (κ3) is 4.82. The maximum absolute atomic E-state index is 4.15. The summed E-state index contributed by atoms with van der Waals surface area (Å²) in [5.74, 6) is 0. The highest BCUT2D eigenvalue weighted by atomic mass is 32.2. The van der Waals surface area contributed by atoms with Crippen molar-refractivity contribution in [2.24, 2.45) is 9.98 Å². The number of hydrogen-bond acceptors (Lipinski definition) is 3. The predicted octanol–water partition coefficient (Wildman–Crippen LogP) is 3.09. The normalized spacial score (nSPS) is 14.2. The second-order valence-electron chi connectivity index (χ2n) is 2.34. The molecule has 0 amide bonds. The lowest BCUT2D eigenvalue weighted by Crippen LogP contribution is -2.08. The first-order chi connectivity index (χ1) is 6.79. The molecule has 76 valence electrons. The molecular formula is C11H16N2S. The minimum absolute atomic E-state index is 0.829. The van der Waals surface area contributed by atoms with Gasteiger partial charge in [0.2, 0.25) is 0 Å². The van der Waals surface area contributed by atoms with Crippen LogP contribution in [0.2, 0.25) is 0 Å². The van der Waals surface area contributed by atoms with Gasteiger partial charge in [-0.1, -0.05) is 12.7 Å². The van der Waals surface area contributed by atoms with Crippen molar-refractivity contribution in [1.29, 1.82) is 0 Å². The molecule has 0 aromatic heterocycles. The van der Waals surface area contributed by atoms with Crippen molar-refractivity contribution in [3.63, 3.8) is 0 Å². The molecule has 0 bridgehead atoms.